The third-order valence-electron chi connectivity index (χ3n) is 4.21. The molecule has 0 saturated carbocycles. The highest BCUT2D eigenvalue weighted by Gasteiger charge is 2.37. The minimum Gasteiger partial charge on any atom is -0.481 e. The number of anilines is 1. The standard InChI is InChI=1S/C18H18N2O4S/c1-11(21)19-14(16-7-4-8-25-16)9-17(22)20-10-13(18(23)24)12-5-2-3-6-15(12)20/h2-8,13-14H,9-10H2,1H3,(H,19,21)(H,23,24). The minimum absolute atomic E-state index is 0.0841. The summed E-state index contributed by atoms with van der Waals surface area (Å²) in [7, 11) is 0. The van der Waals surface area contributed by atoms with Crippen LogP contribution in [0.5, 0.6) is 0 Å². The van der Waals surface area contributed by atoms with Gasteiger partial charge in [0.1, 0.15) is 5.92 Å². The molecule has 2 amide bonds. The average molecular weight is 358 g/mol. The monoisotopic (exact) mass is 358 g/mol. The fourth-order valence-corrected chi connectivity index (χ4v) is 3.87. The van der Waals surface area contributed by atoms with Crippen molar-refractivity contribution in [1.29, 1.82) is 0 Å². The van der Waals surface area contributed by atoms with E-state index in [1.807, 2.05) is 17.5 Å². The molecule has 130 valence electrons. The molecule has 25 heavy (non-hydrogen) atoms. The van der Waals surface area contributed by atoms with Crippen LogP contribution >= 0.6 is 11.3 Å². The third-order valence-corrected chi connectivity index (χ3v) is 5.20. The Bertz CT molecular complexity index is 803. The van der Waals surface area contributed by atoms with Crippen LogP contribution in [0.2, 0.25) is 0 Å². The van der Waals surface area contributed by atoms with Gasteiger partial charge in [-0.1, -0.05) is 24.3 Å². The third kappa shape index (κ3) is 3.56. The van der Waals surface area contributed by atoms with Crippen molar-refractivity contribution in [1.82, 2.24) is 5.32 Å². The Labute approximate surface area is 149 Å². The molecule has 1 aliphatic heterocycles. The molecule has 2 N–H and O–H groups in total. The number of hydrogen-bond acceptors (Lipinski definition) is 4. The number of hydrogen-bond donors (Lipinski definition) is 2. The van der Waals surface area contributed by atoms with Gasteiger partial charge in [-0.2, -0.15) is 0 Å². The van der Waals surface area contributed by atoms with Crippen molar-refractivity contribution in [3.05, 3.63) is 52.2 Å². The zero-order chi connectivity index (χ0) is 18.0. The van der Waals surface area contributed by atoms with Gasteiger partial charge in [-0.25, -0.2) is 0 Å². The van der Waals surface area contributed by atoms with Gasteiger partial charge in [0.05, 0.1) is 12.5 Å². The van der Waals surface area contributed by atoms with Crippen LogP contribution in [0.3, 0.4) is 0 Å². The first kappa shape index (κ1) is 17.2. The van der Waals surface area contributed by atoms with E-state index in [0.717, 1.165) is 4.88 Å². The Morgan fingerprint density at radius 3 is 2.68 bits per heavy atom. The van der Waals surface area contributed by atoms with Crippen molar-refractivity contribution in [2.45, 2.75) is 25.3 Å². The van der Waals surface area contributed by atoms with Crippen LogP contribution in [-0.4, -0.2) is 29.4 Å². The fraction of sp³-hybridized carbons (Fsp3) is 0.278. The van der Waals surface area contributed by atoms with E-state index in [1.165, 1.54) is 23.2 Å². The number of carbonyl (C=O) groups is 3. The lowest BCUT2D eigenvalue weighted by atomic mass is 10.0. The summed E-state index contributed by atoms with van der Waals surface area (Å²) < 4.78 is 0. The molecule has 2 heterocycles. The lowest BCUT2D eigenvalue weighted by molar-refractivity contribution is -0.138. The summed E-state index contributed by atoms with van der Waals surface area (Å²) in [5, 5.41) is 14.1. The summed E-state index contributed by atoms with van der Waals surface area (Å²) in [6.07, 6.45) is 0.0841. The van der Waals surface area contributed by atoms with Crippen molar-refractivity contribution >= 4 is 34.8 Å². The molecule has 0 spiro atoms. The van der Waals surface area contributed by atoms with Gasteiger partial charge in [-0.15, -0.1) is 11.3 Å². The maximum atomic E-state index is 12.8. The molecule has 7 heteroatoms. The van der Waals surface area contributed by atoms with Gasteiger partial charge in [0.2, 0.25) is 11.8 Å². The van der Waals surface area contributed by atoms with E-state index in [2.05, 4.69) is 5.32 Å². The summed E-state index contributed by atoms with van der Waals surface area (Å²) in [5.74, 6) is -2.08. The maximum Gasteiger partial charge on any atom is 0.312 e. The minimum atomic E-state index is -0.945. The number of amides is 2. The molecule has 1 aliphatic rings. The van der Waals surface area contributed by atoms with Crippen LogP contribution in [0.1, 0.15) is 35.7 Å². The van der Waals surface area contributed by atoms with Crippen LogP contribution < -0.4 is 10.2 Å². The Kier molecular flexibility index (Phi) is 4.85. The Morgan fingerprint density at radius 1 is 1.28 bits per heavy atom. The maximum absolute atomic E-state index is 12.8. The highest BCUT2D eigenvalue weighted by molar-refractivity contribution is 7.10. The van der Waals surface area contributed by atoms with Gasteiger partial charge in [0.15, 0.2) is 0 Å². The topological polar surface area (TPSA) is 86.7 Å². The van der Waals surface area contributed by atoms with Crippen molar-refractivity contribution in [3.63, 3.8) is 0 Å². The number of carboxylic acid groups (broad SMARTS) is 1. The lowest BCUT2D eigenvalue weighted by Gasteiger charge is -2.22. The first-order valence-electron chi connectivity index (χ1n) is 7.90. The Balaban J connectivity index is 1.83. The van der Waals surface area contributed by atoms with E-state index in [1.54, 1.807) is 24.3 Å². The highest BCUT2D eigenvalue weighted by Crippen LogP contribution is 2.37. The second kappa shape index (κ2) is 7.06. The molecule has 2 unspecified atom stereocenters. The van der Waals surface area contributed by atoms with E-state index in [4.69, 9.17) is 0 Å². The number of benzene rings is 1. The predicted octanol–water partition coefficient (Wildman–Crippen LogP) is 2.53. The molecule has 3 rings (SSSR count). The first-order valence-corrected chi connectivity index (χ1v) is 8.78. The number of rotatable bonds is 5. The number of nitrogens with zero attached hydrogens (tertiary/aromatic N) is 1. The molecule has 0 bridgehead atoms. The molecule has 0 radical (unpaired) electrons. The SMILES string of the molecule is CC(=O)NC(CC(=O)N1CC(C(=O)O)c2ccccc21)c1cccs1. The highest BCUT2D eigenvalue weighted by atomic mass is 32.1. The molecule has 0 fully saturated rings. The van der Waals surface area contributed by atoms with Crippen LogP contribution in [0.4, 0.5) is 5.69 Å². The normalized spacial score (nSPS) is 17.0. The summed E-state index contributed by atoms with van der Waals surface area (Å²) in [4.78, 5) is 38.2. The summed E-state index contributed by atoms with van der Waals surface area (Å²) in [6, 6.07) is 10.4. The molecular weight excluding hydrogens is 340 g/mol. The van der Waals surface area contributed by atoms with Crippen molar-refractivity contribution < 1.29 is 19.5 Å². The molecular formula is C18H18N2O4S. The second-order valence-electron chi connectivity index (χ2n) is 5.93. The quantitative estimate of drug-likeness (QED) is 0.860. The zero-order valence-electron chi connectivity index (χ0n) is 13.6. The van der Waals surface area contributed by atoms with E-state index in [0.29, 0.717) is 11.3 Å². The van der Waals surface area contributed by atoms with Crippen LogP contribution in [0, 0.1) is 0 Å². The lowest BCUT2D eigenvalue weighted by Crippen LogP contribution is -2.35. The molecule has 0 saturated heterocycles. The van der Waals surface area contributed by atoms with Crippen molar-refractivity contribution in [3.8, 4) is 0 Å². The number of para-hydroxylation sites is 1. The van der Waals surface area contributed by atoms with Crippen molar-refractivity contribution in [2.75, 3.05) is 11.4 Å². The fourth-order valence-electron chi connectivity index (χ4n) is 3.10. The smallest absolute Gasteiger partial charge is 0.312 e. The summed E-state index contributed by atoms with van der Waals surface area (Å²) in [6.45, 7) is 1.53. The van der Waals surface area contributed by atoms with Gasteiger partial charge >= 0.3 is 5.97 Å². The Hall–Kier alpha value is -2.67. The van der Waals surface area contributed by atoms with E-state index in [9.17, 15) is 19.5 Å². The van der Waals surface area contributed by atoms with Crippen LogP contribution in [0.15, 0.2) is 41.8 Å². The number of aliphatic carboxylic acids is 1. The van der Waals surface area contributed by atoms with Gasteiger partial charge < -0.3 is 15.3 Å². The van der Waals surface area contributed by atoms with E-state index >= 15 is 0 Å². The van der Waals surface area contributed by atoms with Gasteiger partial charge in [0.25, 0.3) is 0 Å². The van der Waals surface area contributed by atoms with Crippen LogP contribution in [0.25, 0.3) is 0 Å². The molecule has 2 atom stereocenters. The molecule has 1 aromatic carbocycles. The molecule has 2 aromatic rings. The molecule has 0 aliphatic carbocycles. The summed E-state index contributed by atoms with van der Waals surface area (Å²) >= 11 is 1.47. The largest absolute Gasteiger partial charge is 0.481 e. The number of fused-ring (bicyclic) bond motifs is 1. The van der Waals surface area contributed by atoms with Crippen LogP contribution in [-0.2, 0) is 14.4 Å². The predicted molar refractivity (Wildman–Crippen MR) is 94.7 cm³/mol. The first-order chi connectivity index (χ1) is 12.0. The Morgan fingerprint density at radius 2 is 2.04 bits per heavy atom. The average Bonchev–Trinajstić information content (AvgIpc) is 3.21. The second-order valence-corrected chi connectivity index (χ2v) is 6.91. The number of nitrogens with one attached hydrogen (secondary N) is 1. The number of thiophene rings is 1. The van der Waals surface area contributed by atoms with Crippen molar-refractivity contribution in [2.24, 2.45) is 0 Å². The zero-order valence-corrected chi connectivity index (χ0v) is 14.5. The summed E-state index contributed by atoms with van der Waals surface area (Å²) in [5.41, 5.74) is 1.28. The van der Waals surface area contributed by atoms with E-state index < -0.39 is 17.9 Å². The number of carboxylic acids is 1. The molecule has 6 nitrogen and oxygen atoms in total. The number of carbonyl (C=O) groups excluding carboxylic acids is 2. The molecule has 1 aromatic heterocycles. The van der Waals surface area contributed by atoms with Gasteiger partial charge in [-0.3, -0.25) is 14.4 Å². The van der Waals surface area contributed by atoms with Gasteiger partial charge in [-0.05, 0) is 23.1 Å². The van der Waals surface area contributed by atoms with E-state index in [-0.39, 0.29) is 24.8 Å². The van der Waals surface area contributed by atoms with Gasteiger partial charge in [0, 0.05) is 24.0 Å².